The molecule has 13 aromatic rings. The number of fused-ring (bicyclic) bond motifs is 10. The van der Waals surface area contributed by atoms with Gasteiger partial charge < -0.3 is 13.6 Å². The van der Waals surface area contributed by atoms with E-state index in [1.165, 1.54) is 0 Å². The van der Waals surface area contributed by atoms with E-state index >= 15 is 0 Å². The molecule has 0 aliphatic carbocycles. The summed E-state index contributed by atoms with van der Waals surface area (Å²) in [5.74, 6) is 1.51. The Labute approximate surface area is 372 Å². The highest BCUT2D eigenvalue weighted by Gasteiger charge is 2.23. The quantitative estimate of drug-likeness (QED) is 0.167. The third-order valence-electron chi connectivity index (χ3n) is 12.6. The molecule has 65 heavy (non-hydrogen) atoms. The van der Waals surface area contributed by atoms with Crippen LogP contribution in [0.5, 0.6) is 0 Å². The first-order valence-corrected chi connectivity index (χ1v) is 21.6. The summed E-state index contributed by atoms with van der Waals surface area (Å²) in [5.41, 5.74) is 12.8. The smallest absolute Gasteiger partial charge is 0.164 e. The Hall–Kier alpha value is -9.12. The van der Waals surface area contributed by atoms with Crippen LogP contribution in [-0.4, -0.2) is 24.1 Å². The average molecular weight is 831 g/mol. The maximum absolute atomic E-state index is 11.1. The zero-order valence-electron chi connectivity index (χ0n) is 34.7. The lowest BCUT2D eigenvalue weighted by molar-refractivity contribution is 0.669. The van der Waals surface area contributed by atoms with Gasteiger partial charge in [0.2, 0.25) is 0 Å². The fourth-order valence-electron chi connectivity index (χ4n) is 9.67. The van der Waals surface area contributed by atoms with Crippen LogP contribution in [0.2, 0.25) is 0 Å². The molecule has 0 amide bonds. The largest absolute Gasteiger partial charge is 0.456 e. The van der Waals surface area contributed by atoms with Gasteiger partial charge in [0, 0.05) is 54.7 Å². The summed E-state index contributed by atoms with van der Waals surface area (Å²) in [5, 5.41) is 17.6. The molecule has 0 saturated carbocycles. The number of benzene rings is 9. The predicted octanol–water partition coefficient (Wildman–Crippen LogP) is 14.5. The van der Waals surface area contributed by atoms with Gasteiger partial charge in [-0.2, -0.15) is 5.26 Å². The molecule has 0 unspecified atom stereocenters. The molecule has 0 spiro atoms. The van der Waals surface area contributed by atoms with E-state index in [0.29, 0.717) is 28.6 Å². The second-order valence-corrected chi connectivity index (χ2v) is 16.3. The predicted molar refractivity (Wildman–Crippen MR) is 262 cm³/mol. The molecule has 0 saturated heterocycles. The van der Waals surface area contributed by atoms with Gasteiger partial charge in [0.25, 0.3) is 0 Å². The van der Waals surface area contributed by atoms with Crippen molar-refractivity contribution >= 4 is 65.6 Å². The fourth-order valence-corrected chi connectivity index (χ4v) is 9.67. The Morgan fingerprint density at radius 2 is 0.969 bits per heavy atom. The molecule has 302 valence electrons. The SMILES string of the molecule is N#Cc1cc(-c2nc(-c3cccc(-c4ccccc4)c3)nc(-c3ccc4oc5ccccc5c4c3)n2)ccc1-n1c2ccccc2c2ccc3c(c4ccccc4n3-c3ccccc3)c21. The van der Waals surface area contributed by atoms with E-state index in [9.17, 15) is 5.26 Å². The van der Waals surface area contributed by atoms with Gasteiger partial charge in [-0.1, -0.05) is 127 Å². The number of nitrogens with zero attached hydrogens (tertiary/aromatic N) is 6. The summed E-state index contributed by atoms with van der Waals surface area (Å²) in [4.78, 5) is 15.4. The number of furan rings is 1. The molecule has 0 bridgehead atoms. The third-order valence-corrected chi connectivity index (χ3v) is 12.6. The maximum Gasteiger partial charge on any atom is 0.164 e. The second-order valence-electron chi connectivity index (χ2n) is 16.3. The number of rotatable bonds is 6. The lowest BCUT2D eigenvalue weighted by atomic mass is 10.0. The number of para-hydroxylation sites is 4. The molecule has 0 aliphatic heterocycles. The molecular formula is C58H34N6O. The van der Waals surface area contributed by atoms with Crippen molar-refractivity contribution < 1.29 is 4.42 Å². The molecule has 0 fully saturated rings. The molecular weight excluding hydrogens is 797 g/mol. The molecule has 0 radical (unpaired) electrons. The Balaban J connectivity index is 1.03. The number of hydrogen-bond acceptors (Lipinski definition) is 5. The van der Waals surface area contributed by atoms with Crippen molar-refractivity contribution in [2.75, 3.05) is 0 Å². The van der Waals surface area contributed by atoms with Crippen molar-refractivity contribution in [3.8, 4) is 62.7 Å². The van der Waals surface area contributed by atoms with E-state index in [1.54, 1.807) is 0 Å². The molecule has 0 atom stereocenters. The van der Waals surface area contributed by atoms with Crippen molar-refractivity contribution in [3.05, 3.63) is 212 Å². The minimum Gasteiger partial charge on any atom is -0.456 e. The summed E-state index contributed by atoms with van der Waals surface area (Å²) in [6.07, 6.45) is 0. The summed E-state index contributed by atoms with van der Waals surface area (Å²) >= 11 is 0. The van der Waals surface area contributed by atoms with Crippen LogP contribution in [-0.2, 0) is 0 Å². The zero-order valence-corrected chi connectivity index (χ0v) is 34.7. The molecule has 4 aromatic heterocycles. The fraction of sp³-hybridized carbons (Fsp3) is 0. The highest BCUT2D eigenvalue weighted by atomic mass is 16.3. The van der Waals surface area contributed by atoms with Crippen molar-refractivity contribution in [2.24, 2.45) is 0 Å². The standard InChI is InChI=1S/C58H34N6O/c59-35-41-33-39(26-29-48(41)64-49-23-10-7-20-43(49)45-28-30-51-54(55(45)64)46-22-8-11-24-50(46)63(51)42-18-5-2-6-19-42)57-60-56(38-17-13-16-37(32-38)36-14-3-1-4-15-36)61-58(62-57)40-27-31-53-47(34-40)44-21-9-12-25-52(44)65-53/h1-34H. The minimum atomic E-state index is 0.464. The number of hydrogen-bond donors (Lipinski definition) is 0. The van der Waals surface area contributed by atoms with Gasteiger partial charge in [-0.25, -0.2) is 15.0 Å². The third kappa shape index (κ3) is 5.78. The van der Waals surface area contributed by atoms with E-state index in [-0.39, 0.29) is 0 Å². The van der Waals surface area contributed by atoms with Crippen LogP contribution in [0.4, 0.5) is 0 Å². The molecule has 4 heterocycles. The first-order chi connectivity index (χ1) is 32.2. The lowest BCUT2D eigenvalue weighted by Gasteiger charge is -2.13. The van der Waals surface area contributed by atoms with Gasteiger partial charge in [0.15, 0.2) is 17.5 Å². The Kier molecular flexibility index (Phi) is 8.14. The maximum atomic E-state index is 11.1. The van der Waals surface area contributed by atoms with Crippen LogP contribution in [0.3, 0.4) is 0 Å². The van der Waals surface area contributed by atoms with Crippen LogP contribution >= 0.6 is 0 Å². The van der Waals surface area contributed by atoms with Crippen LogP contribution in [0, 0.1) is 11.3 Å². The number of nitriles is 1. The highest BCUT2D eigenvalue weighted by molar-refractivity contribution is 6.26. The van der Waals surface area contributed by atoms with Gasteiger partial charge in [-0.3, -0.25) is 0 Å². The van der Waals surface area contributed by atoms with E-state index < -0.39 is 0 Å². The lowest BCUT2D eigenvalue weighted by Crippen LogP contribution is -2.02. The Morgan fingerprint density at radius 1 is 0.385 bits per heavy atom. The molecule has 9 aromatic carbocycles. The first kappa shape index (κ1) is 36.5. The first-order valence-electron chi connectivity index (χ1n) is 21.6. The minimum absolute atomic E-state index is 0.464. The second kappa shape index (κ2) is 14.5. The summed E-state index contributed by atoms with van der Waals surface area (Å²) < 4.78 is 10.8. The highest BCUT2D eigenvalue weighted by Crippen LogP contribution is 2.43. The summed E-state index contributed by atoms with van der Waals surface area (Å²) in [6.45, 7) is 0. The van der Waals surface area contributed by atoms with Crippen molar-refractivity contribution in [3.63, 3.8) is 0 Å². The van der Waals surface area contributed by atoms with Gasteiger partial charge in [0.1, 0.15) is 17.2 Å². The Bertz CT molecular complexity index is 4080. The van der Waals surface area contributed by atoms with Crippen LogP contribution in [0.25, 0.3) is 122 Å². The van der Waals surface area contributed by atoms with Crippen molar-refractivity contribution in [1.82, 2.24) is 24.1 Å². The van der Waals surface area contributed by atoms with Gasteiger partial charge in [-0.05, 0) is 90.0 Å². The van der Waals surface area contributed by atoms with Gasteiger partial charge >= 0.3 is 0 Å². The van der Waals surface area contributed by atoms with E-state index in [1.807, 2.05) is 84.9 Å². The molecule has 7 nitrogen and oxygen atoms in total. The molecule has 0 aliphatic rings. The van der Waals surface area contributed by atoms with E-state index in [2.05, 4.69) is 137 Å². The number of aromatic nitrogens is 5. The van der Waals surface area contributed by atoms with E-state index in [4.69, 9.17) is 19.4 Å². The Morgan fingerprint density at radius 3 is 1.74 bits per heavy atom. The topological polar surface area (TPSA) is 85.5 Å². The monoisotopic (exact) mass is 830 g/mol. The normalized spacial score (nSPS) is 11.7. The van der Waals surface area contributed by atoms with Gasteiger partial charge in [-0.15, -0.1) is 0 Å². The van der Waals surface area contributed by atoms with Gasteiger partial charge in [0.05, 0.1) is 33.3 Å². The van der Waals surface area contributed by atoms with Crippen LogP contribution in [0.1, 0.15) is 5.56 Å². The van der Waals surface area contributed by atoms with Crippen molar-refractivity contribution in [2.45, 2.75) is 0 Å². The van der Waals surface area contributed by atoms with Crippen LogP contribution < -0.4 is 0 Å². The molecule has 13 rings (SSSR count). The summed E-state index contributed by atoms with van der Waals surface area (Å²) in [7, 11) is 0. The average Bonchev–Trinajstić information content (AvgIpc) is 4.04. The van der Waals surface area contributed by atoms with Crippen molar-refractivity contribution in [1.29, 1.82) is 5.26 Å². The van der Waals surface area contributed by atoms with Crippen LogP contribution in [0.15, 0.2) is 211 Å². The molecule has 0 N–H and O–H groups in total. The van der Waals surface area contributed by atoms with E-state index in [0.717, 1.165) is 99.2 Å². The zero-order chi connectivity index (χ0) is 43.0. The molecule has 7 heteroatoms. The summed E-state index contributed by atoms with van der Waals surface area (Å²) in [6, 6.07) is 73.2.